The number of ketones is 1. The maximum Gasteiger partial charge on any atom is 0.239 e. The van der Waals surface area contributed by atoms with Gasteiger partial charge in [0.25, 0.3) is 0 Å². The van der Waals surface area contributed by atoms with Crippen LogP contribution < -0.4 is 5.32 Å². The van der Waals surface area contributed by atoms with Gasteiger partial charge in [-0.05, 0) is 50.6 Å². The van der Waals surface area contributed by atoms with Crippen LogP contribution >= 0.6 is 0 Å². The third-order valence-corrected chi connectivity index (χ3v) is 4.26. The monoisotopic (exact) mass is 352 g/mol. The van der Waals surface area contributed by atoms with E-state index in [0.717, 1.165) is 5.56 Å². The Hall–Kier alpha value is -2.95. The van der Waals surface area contributed by atoms with Crippen LogP contribution in [0.25, 0.3) is 0 Å². The largest absolute Gasteiger partial charge is 0.341 e. The molecule has 0 bridgehead atoms. The Balaban J connectivity index is 2.05. The van der Waals surface area contributed by atoms with Crippen LogP contribution in [0, 0.1) is 5.41 Å². The molecular weight excluding hydrogens is 328 g/mol. The van der Waals surface area contributed by atoms with Crippen molar-refractivity contribution in [3.63, 3.8) is 0 Å². The molecule has 1 N–H and O–H groups in total. The van der Waals surface area contributed by atoms with Gasteiger partial charge in [0.15, 0.2) is 5.78 Å². The molecule has 0 aliphatic rings. The van der Waals surface area contributed by atoms with Gasteiger partial charge in [0, 0.05) is 24.8 Å². The van der Waals surface area contributed by atoms with Gasteiger partial charge in [0.1, 0.15) is 5.41 Å². The zero-order valence-corrected chi connectivity index (χ0v) is 15.6. The van der Waals surface area contributed by atoms with Crippen LogP contribution in [0.15, 0.2) is 54.6 Å². The van der Waals surface area contributed by atoms with E-state index in [1.807, 2.05) is 30.3 Å². The second-order valence-corrected chi connectivity index (χ2v) is 6.86. The summed E-state index contributed by atoms with van der Waals surface area (Å²) in [7, 11) is 1.69. The Morgan fingerprint density at radius 3 is 2.08 bits per heavy atom. The van der Waals surface area contributed by atoms with Crippen LogP contribution in [-0.2, 0) is 16.1 Å². The van der Waals surface area contributed by atoms with Gasteiger partial charge in [-0.3, -0.25) is 14.4 Å². The molecule has 5 heteroatoms. The number of Topliss-reactive ketones (excluding diaryl/α,β-unsaturated/α-hetero) is 1. The number of anilines is 1. The van der Waals surface area contributed by atoms with E-state index in [2.05, 4.69) is 5.32 Å². The quantitative estimate of drug-likeness (QED) is 0.639. The Labute approximate surface area is 154 Å². The molecule has 0 saturated heterocycles. The summed E-state index contributed by atoms with van der Waals surface area (Å²) in [5, 5.41) is 2.75. The smallest absolute Gasteiger partial charge is 0.239 e. The van der Waals surface area contributed by atoms with E-state index in [9.17, 15) is 14.4 Å². The van der Waals surface area contributed by atoms with E-state index < -0.39 is 11.3 Å². The summed E-state index contributed by atoms with van der Waals surface area (Å²) in [6.45, 7) is 5.13. The summed E-state index contributed by atoms with van der Waals surface area (Å²) in [6, 6.07) is 16.2. The Morgan fingerprint density at radius 1 is 0.962 bits per heavy atom. The van der Waals surface area contributed by atoms with Crippen molar-refractivity contribution in [1.29, 1.82) is 0 Å². The Bertz CT molecular complexity index is 796. The minimum atomic E-state index is -1.22. The molecule has 0 fully saturated rings. The summed E-state index contributed by atoms with van der Waals surface area (Å²) < 4.78 is 0. The highest BCUT2D eigenvalue weighted by Crippen LogP contribution is 2.23. The van der Waals surface area contributed by atoms with Gasteiger partial charge < -0.3 is 10.2 Å². The number of amides is 2. The van der Waals surface area contributed by atoms with Gasteiger partial charge in [-0.1, -0.05) is 30.3 Å². The van der Waals surface area contributed by atoms with Crippen LogP contribution in [0.2, 0.25) is 0 Å². The maximum absolute atomic E-state index is 12.8. The molecule has 26 heavy (non-hydrogen) atoms. The molecule has 5 nitrogen and oxygen atoms in total. The van der Waals surface area contributed by atoms with E-state index in [4.69, 9.17) is 0 Å². The van der Waals surface area contributed by atoms with Crippen LogP contribution in [0.1, 0.15) is 36.7 Å². The maximum atomic E-state index is 12.8. The number of carbonyl (C=O) groups is 3. The fraction of sp³-hybridized carbons (Fsp3) is 0.286. The van der Waals surface area contributed by atoms with Crippen LogP contribution in [0.4, 0.5) is 5.69 Å². The van der Waals surface area contributed by atoms with Crippen molar-refractivity contribution in [3.8, 4) is 0 Å². The minimum Gasteiger partial charge on any atom is -0.341 e. The first-order valence-electron chi connectivity index (χ1n) is 8.44. The van der Waals surface area contributed by atoms with E-state index in [1.54, 1.807) is 50.1 Å². The van der Waals surface area contributed by atoms with Gasteiger partial charge >= 0.3 is 0 Å². The van der Waals surface area contributed by atoms with Crippen LogP contribution in [0.5, 0.6) is 0 Å². The molecule has 0 aromatic heterocycles. The lowest BCUT2D eigenvalue weighted by molar-refractivity contribution is -0.145. The second kappa shape index (κ2) is 7.95. The van der Waals surface area contributed by atoms with Gasteiger partial charge in [0.2, 0.25) is 11.8 Å². The molecular formula is C21H24N2O3. The summed E-state index contributed by atoms with van der Waals surface area (Å²) in [4.78, 5) is 38.3. The van der Waals surface area contributed by atoms with Crippen molar-refractivity contribution in [1.82, 2.24) is 4.90 Å². The Morgan fingerprint density at radius 2 is 1.54 bits per heavy atom. The fourth-order valence-electron chi connectivity index (χ4n) is 2.58. The van der Waals surface area contributed by atoms with E-state index in [0.29, 0.717) is 17.8 Å². The van der Waals surface area contributed by atoms with Gasteiger partial charge in [-0.25, -0.2) is 0 Å². The molecule has 0 aliphatic heterocycles. The average Bonchev–Trinajstić information content (AvgIpc) is 2.62. The lowest BCUT2D eigenvalue weighted by Crippen LogP contribution is -2.45. The molecule has 2 aromatic carbocycles. The van der Waals surface area contributed by atoms with E-state index in [1.165, 1.54) is 6.92 Å². The van der Waals surface area contributed by atoms with Crippen molar-refractivity contribution in [2.24, 2.45) is 5.41 Å². The third kappa shape index (κ3) is 4.57. The number of benzene rings is 2. The molecule has 0 saturated carbocycles. The van der Waals surface area contributed by atoms with Crippen molar-refractivity contribution < 1.29 is 14.4 Å². The standard InChI is InChI=1S/C21H24N2O3/c1-15(24)17-10-12-18(13-11-17)22-19(25)21(2,3)20(26)23(4)14-16-8-6-5-7-9-16/h5-13H,14H2,1-4H3,(H,22,25). The summed E-state index contributed by atoms with van der Waals surface area (Å²) in [5.74, 6) is -0.696. The Kier molecular flexibility index (Phi) is 5.93. The van der Waals surface area contributed by atoms with Crippen molar-refractivity contribution in [2.75, 3.05) is 12.4 Å². The van der Waals surface area contributed by atoms with Crippen molar-refractivity contribution in [3.05, 3.63) is 65.7 Å². The number of nitrogens with zero attached hydrogens (tertiary/aromatic N) is 1. The normalized spacial score (nSPS) is 10.9. The van der Waals surface area contributed by atoms with Gasteiger partial charge in [0.05, 0.1) is 0 Å². The highest BCUT2D eigenvalue weighted by atomic mass is 16.2. The first-order valence-corrected chi connectivity index (χ1v) is 8.44. The molecule has 0 atom stereocenters. The zero-order chi connectivity index (χ0) is 19.3. The minimum absolute atomic E-state index is 0.0408. The molecule has 2 amide bonds. The second-order valence-electron chi connectivity index (χ2n) is 6.86. The molecule has 0 aliphatic carbocycles. The third-order valence-electron chi connectivity index (χ3n) is 4.26. The molecule has 2 rings (SSSR count). The van der Waals surface area contributed by atoms with Crippen LogP contribution in [0.3, 0.4) is 0 Å². The van der Waals surface area contributed by atoms with Gasteiger partial charge in [-0.15, -0.1) is 0 Å². The molecule has 0 unspecified atom stereocenters. The lowest BCUT2D eigenvalue weighted by atomic mass is 9.90. The topological polar surface area (TPSA) is 66.5 Å². The summed E-state index contributed by atoms with van der Waals surface area (Å²) in [6.07, 6.45) is 0. The predicted molar refractivity (Wildman–Crippen MR) is 102 cm³/mol. The van der Waals surface area contributed by atoms with Crippen molar-refractivity contribution in [2.45, 2.75) is 27.3 Å². The summed E-state index contributed by atoms with van der Waals surface area (Å²) in [5.41, 5.74) is 0.898. The SMILES string of the molecule is CC(=O)c1ccc(NC(=O)C(C)(C)C(=O)N(C)Cc2ccccc2)cc1. The molecule has 136 valence electrons. The molecule has 0 spiro atoms. The van der Waals surface area contributed by atoms with Crippen LogP contribution in [-0.4, -0.2) is 29.5 Å². The van der Waals surface area contributed by atoms with E-state index in [-0.39, 0.29) is 11.7 Å². The lowest BCUT2D eigenvalue weighted by Gasteiger charge is -2.28. The fourth-order valence-corrected chi connectivity index (χ4v) is 2.58. The first-order chi connectivity index (χ1) is 12.2. The predicted octanol–water partition coefficient (Wildman–Crippen LogP) is 3.51. The first kappa shape index (κ1) is 19.4. The van der Waals surface area contributed by atoms with E-state index >= 15 is 0 Å². The number of nitrogens with one attached hydrogen (secondary N) is 1. The zero-order valence-electron chi connectivity index (χ0n) is 15.6. The van der Waals surface area contributed by atoms with Crippen molar-refractivity contribution >= 4 is 23.3 Å². The highest BCUT2D eigenvalue weighted by Gasteiger charge is 2.38. The summed E-state index contributed by atoms with van der Waals surface area (Å²) >= 11 is 0. The molecule has 0 radical (unpaired) electrons. The molecule has 0 heterocycles. The molecule has 2 aromatic rings. The number of rotatable bonds is 6. The van der Waals surface area contributed by atoms with Gasteiger partial charge in [-0.2, -0.15) is 0 Å². The number of hydrogen-bond acceptors (Lipinski definition) is 3. The average molecular weight is 352 g/mol. The number of hydrogen-bond donors (Lipinski definition) is 1. The number of carbonyl (C=O) groups excluding carboxylic acids is 3. The highest BCUT2D eigenvalue weighted by molar-refractivity contribution is 6.09.